The highest BCUT2D eigenvalue weighted by Crippen LogP contribution is 2.40. The second-order valence-electron chi connectivity index (χ2n) is 10.5. The van der Waals surface area contributed by atoms with E-state index in [2.05, 4.69) is 72.8 Å². The lowest BCUT2D eigenvalue weighted by atomic mass is 9.94. The van der Waals surface area contributed by atoms with Gasteiger partial charge in [0.2, 0.25) is 0 Å². The third kappa shape index (κ3) is 4.65. The molecule has 0 radical (unpaired) electrons. The van der Waals surface area contributed by atoms with Gasteiger partial charge < -0.3 is 4.42 Å². The Labute approximate surface area is 249 Å². The van der Waals surface area contributed by atoms with Gasteiger partial charge in [-0.2, -0.15) is 0 Å². The molecule has 202 valence electrons. The minimum Gasteiger partial charge on any atom is -0.456 e. The third-order valence-corrected chi connectivity index (χ3v) is 7.74. The van der Waals surface area contributed by atoms with Gasteiger partial charge in [-0.05, 0) is 40.5 Å². The average Bonchev–Trinajstić information content (AvgIpc) is 3.47. The Morgan fingerprint density at radius 1 is 0.349 bits per heavy atom. The van der Waals surface area contributed by atoms with Gasteiger partial charge in [0, 0.05) is 27.5 Å². The molecule has 0 N–H and O–H groups in total. The van der Waals surface area contributed by atoms with Crippen LogP contribution in [0.5, 0.6) is 0 Å². The summed E-state index contributed by atoms with van der Waals surface area (Å²) in [4.78, 5) is 14.6. The van der Waals surface area contributed by atoms with Crippen LogP contribution in [0.3, 0.4) is 0 Å². The first-order chi connectivity index (χ1) is 21.3. The van der Waals surface area contributed by atoms with E-state index in [1.807, 2.05) is 78.9 Å². The normalized spacial score (nSPS) is 11.3. The van der Waals surface area contributed by atoms with Gasteiger partial charge in [-0.1, -0.05) is 133 Å². The summed E-state index contributed by atoms with van der Waals surface area (Å²) in [6.07, 6.45) is 0. The zero-order valence-electron chi connectivity index (χ0n) is 23.2. The molecule has 0 bridgehead atoms. The van der Waals surface area contributed by atoms with E-state index in [0.29, 0.717) is 17.5 Å². The summed E-state index contributed by atoms with van der Waals surface area (Å²) in [6, 6.07) is 51.6. The van der Waals surface area contributed by atoms with Crippen LogP contribution in [0, 0.1) is 0 Å². The first kappa shape index (κ1) is 24.9. The van der Waals surface area contributed by atoms with Crippen LogP contribution in [0.4, 0.5) is 0 Å². The highest BCUT2D eigenvalue weighted by atomic mass is 16.3. The maximum atomic E-state index is 6.35. The number of fused-ring (bicyclic) bond motifs is 3. The summed E-state index contributed by atoms with van der Waals surface area (Å²) in [5, 5.41) is 2.26. The number of hydrogen-bond donors (Lipinski definition) is 0. The number of furan rings is 1. The van der Waals surface area contributed by atoms with E-state index in [1.165, 1.54) is 0 Å². The fourth-order valence-corrected chi connectivity index (χ4v) is 5.62. The van der Waals surface area contributed by atoms with Gasteiger partial charge >= 0.3 is 0 Å². The Morgan fingerprint density at radius 2 is 0.814 bits per heavy atom. The number of rotatable bonds is 5. The van der Waals surface area contributed by atoms with E-state index in [-0.39, 0.29) is 0 Å². The Bertz CT molecular complexity index is 2150. The summed E-state index contributed by atoms with van der Waals surface area (Å²) in [5.41, 5.74) is 9.07. The van der Waals surface area contributed by atoms with E-state index in [4.69, 9.17) is 19.4 Å². The molecule has 0 atom stereocenters. The van der Waals surface area contributed by atoms with E-state index >= 15 is 0 Å². The van der Waals surface area contributed by atoms with Crippen LogP contribution in [0.25, 0.3) is 78.4 Å². The molecule has 0 fully saturated rings. The van der Waals surface area contributed by atoms with Crippen molar-refractivity contribution in [1.82, 2.24) is 15.0 Å². The van der Waals surface area contributed by atoms with Crippen molar-refractivity contribution in [3.63, 3.8) is 0 Å². The summed E-state index contributed by atoms with van der Waals surface area (Å²) >= 11 is 0. The van der Waals surface area contributed by atoms with Crippen LogP contribution in [0.1, 0.15) is 0 Å². The molecule has 0 saturated heterocycles. The predicted octanol–water partition coefficient (Wildman–Crippen LogP) is 10.1. The molecular weight excluding hydrogens is 526 g/mol. The molecule has 8 rings (SSSR count). The fraction of sp³-hybridized carbons (Fsp3) is 0. The Morgan fingerprint density at radius 3 is 1.40 bits per heavy atom. The predicted molar refractivity (Wildman–Crippen MR) is 174 cm³/mol. The number of para-hydroxylation sites is 1. The molecule has 0 aliphatic heterocycles. The topological polar surface area (TPSA) is 51.8 Å². The maximum absolute atomic E-state index is 6.35. The quantitative estimate of drug-likeness (QED) is 0.214. The van der Waals surface area contributed by atoms with Crippen molar-refractivity contribution in [2.45, 2.75) is 0 Å². The molecule has 6 aromatic carbocycles. The fourth-order valence-electron chi connectivity index (χ4n) is 5.62. The lowest BCUT2D eigenvalue weighted by Crippen LogP contribution is -2.00. The molecule has 4 nitrogen and oxygen atoms in total. The second kappa shape index (κ2) is 10.5. The SMILES string of the molecule is c1ccc(-c2nc(-c3ccccc3)nc(-c3ccc(-c4cc(-c5ccccc5)c5c(c4)oc4ccccc45)cc3)n2)cc1. The van der Waals surface area contributed by atoms with Crippen LogP contribution in [0.15, 0.2) is 156 Å². The second-order valence-corrected chi connectivity index (χ2v) is 10.5. The number of benzene rings is 6. The van der Waals surface area contributed by atoms with Crippen LogP contribution >= 0.6 is 0 Å². The lowest BCUT2D eigenvalue weighted by molar-refractivity contribution is 0.669. The van der Waals surface area contributed by atoms with Crippen molar-refractivity contribution in [1.29, 1.82) is 0 Å². The Balaban J connectivity index is 1.24. The molecule has 2 heterocycles. The summed E-state index contributed by atoms with van der Waals surface area (Å²) < 4.78 is 6.35. The largest absolute Gasteiger partial charge is 0.456 e. The molecule has 4 heteroatoms. The van der Waals surface area contributed by atoms with Crippen molar-refractivity contribution < 1.29 is 4.42 Å². The molecular formula is C39H25N3O. The number of nitrogens with zero attached hydrogens (tertiary/aromatic N) is 3. The van der Waals surface area contributed by atoms with Crippen molar-refractivity contribution in [3.8, 4) is 56.4 Å². The minimum absolute atomic E-state index is 0.636. The first-order valence-electron chi connectivity index (χ1n) is 14.3. The molecule has 2 aromatic heterocycles. The highest BCUT2D eigenvalue weighted by molar-refractivity contribution is 6.13. The zero-order valence-corrected chi connectivity index (χ0v) is 23.2. The van der Waals surface area contributed by atoms with Crippen LogP contribution < -0.4 is 0 Å². The van der Waals surface area contributed by atoms with Crippen molar-refractivity contribution in [2.24, 2.45) is 0 Å². The highest BCUT2D eigenvalue weighted by Gasteiger charge is 2.16. The Hall–Kier alpha value is -5.87. The van der Waals surface area contributed by atoms with Gasteiger partial charge in [0.05, 0.1) is 0 Å². The van der Waals surface area contributed by atoms with Gasteiger partial charge in [-0.3, -0.25) is 0 Å². The van der Waals surface area contributed by atoms with Gasteiger partial charge in [-0.25, -0.2) is 15.0 Å². The smallest absolute Gasteiger partial charge is 0.164 e. The molecule has 0 aliphatic rings. The summed E-state index contributed by atoms with van der Waals surface area (Å²) in [6.45, 7) is 0. The average molecular weight is 552 g/mol. The van der Waals surface area contributed by atoms with Crippen molar-refractivity contribution in [2.75, 3.05) is 0 Å². The van der Waals surface area contributed by atoms with Gasteiger partial charge in [-0.15, -0.1) is 0 Å². The van der Waals surface area contributed by atoms with Gasteiger partial charge in [0.15, 0.2) is 17.5 Å². The third-order valence-electron chi connectivity index (χ3n) is 7.74. The summed E-state index contributed by atoms with van der Waals surface area (Å²) in [5.74, 6) is 1.93. The van der Waals surface area contributed by atoms with Crippen LogP contribution in [-0.4, -0.2) is 15.0 Å². The monoisotopic (exact) mass is 551 g/mol. The number of hydrogen-bond acceptors (Lipinski definition) is 4. The van der Waals surface area contributed by atoms with Crippen molar-refractivity contribution in [3.05, 3.63) is 152 Å². The van der Waals surface area contributed by atoms with Gasteiger partial charge in [0.25, 0.3) is 0 Å². The summed E-state index contributed by atoms with van der Waals surface area (Å²) in [7, 11) is 0. The molecule has 0 spiro atoms. The molecule has 43 heavy (non-hydrogen) atoms. The van der Waals surface area contributed by atoms with Crippen molar-refractivity contribution >= 4 is 21.9 Å². The molecule has 0 aliphatic carbocycles. The lowest BCUT2D eigenvalue weighted by Gasteiger charge is -2.10. The Kier molecular flexibility index (Phi) is 6.08. The standard InChI is InChI=1S/C39H25N3O/c1-4-12-27(13-5-1)33-24-31(25-35-36(33)32-18-10-11-19-34(32)43-35)26-20-22-30(23-21-26)39-41-37(28-14-6-2-7-15-28)40-38(42-39)29-16-8-3-9-17-29/h1-25H. The molecule has 8 aromatic rings. The van der Waals surface area contributed by atoms with Crippen LogP contribution in [0.2, 0.25) is 0 Å². The minimum atomic E-state index is 0.636. The maximum Gasteiger partial charge on any atom is 0.164 e. The first-order valence-corrected chi connectivity index (χ1v) is 14.3. The van der Waals surface area contributed by atoms with E-state index in [9.17, 15) is 0 Å². The van der Waals surface area contributed by atoms with E-state index < -0.39 is 0 Å². The molecule has 0 unspecified atom stereocenters. The van der Waals surface area contributed by atoms with Gasteiger partial charge in [0.1, 0.15) is 11.2 Å². The van der Waals surface area contributed by atoms with E-state index in [0.717, 1.165) is 60.9 Å². The zero-order chi connectivity index (χ0) is 28.6. The van der Waals surface area contributed by atoms with Crippen LogP contribution in [-0.2, 0) is 0 Å². The number of aromatic nitrogens is 3. The van der Waals surface area contributed by atoms with E-state index in [1.54, 1.807) is 0 Å². The molecule has 0 amide bonds. The molecule has 0 saturated carbocycles.